The quantitative estimate of drug-likeness (QED) is 0.727. The van der Waals surface area contributed by atoms with E-state index in [2.05, 4.69) is 36.8 Å². The van der Waals surface area contributed by atoms with E-state index < -0.39 is 0 Å². The Morgan fingerprint density at radius 2 is 2.12 bits per heavy atom. The molecular formula is C12H14Br2FN. The monoisotopic (exact) mass is 349 g/mol. The third-order valence-electron chi connectivity index (χ3n) is 2.82. The maximum Gasteiger partial charge on any atom is 0.128 e. The van der Waals surface area contributed by atoms with E-state index in [-0.39, 0.29) is 5.82 Å². The first-order valence-electron chi connectivity index (χ1n) is 5.44. The van der Waals surface area contributed by atoms with E-state index in [9.17, 15) is 4.39 Å². The van der Waals surface area contributed by atoms with Crippen LogP contribution < -0.4 is 0 Å². The number of rotatable bonds is 5. The van der Waals surface area contributed by atoms with Crippen molar-refractivity contribution in [1.29, 1.82) is 0 Å². The highest BCUT2D eigenvalue weighted by Crippen LogP contribution is 2.29. The van der Waals surface area contributed by atoms with Crippen LogP contribution in [-0.4, -0.2) is 22.8 Å². The molecule has 4 heteroatoms. The van der Waals surface area contributed by atoms with Gasteiger partial charge in [-0.15, -0.1) is 0 Å². The second-order valence-electron chi connectivity index (χ2n) is 4.13. The van der Waals surface area contributed by atoms with Crippen LogP contribution in [0.15, 0.2) is 22.7 Å². The predicted molar refractivity (Wildman–Crippen MR) is 71.3 cm³/mol. The van der Waals surface area contributed by atoms with Gasteiger partial charge < -0.3 is 0 Å². The topological polar surface area (TPSA) is 3.24 Å². The van der Waals surface area contributed by atoms with Gasteiger partial charge in [-0.1, -0.05) is 37.9 Å². The Morgan fingerprint density at radius 1 is 1.38 bits per heavy atom. The normalized spacial score (nSPS) is 15.8. The lowest BCUT2D eigenvalue weighted by Crippen LogP contribution is -2.27. The van der Waals surface area contributed by atoms with Crippen molar-refractivity contribution in [2.45, 2.75) is 25.4 Å². The number of alkyl halides is 1. The van der Waals surface area contributed by atoms with Crippen molar-refractivity contribution < 1.29 is 4.39 Å². The van der Waals surface area contributed by atoms with Gasteiger partial charge in [-0.05, 0) is 25.0 Å². The molecule has 0 radical (unpaired) electrons. The molecule has 1 saturated carbocycles. The van der Waals surface area contributed by atoms with Crippen LogP contribution in [0.3, 0.4) is 0 Å². The van der Waals surface area contributed by atoms with E-state index in [1.165, 1.54) is 18.9 Å². The van der Waals surface area contributed by atoms with Gasteiger partial charge in [0.05, 0.1) is 0 Å². The van der Waals surface area contributed by atoms with E-state index in [4.69, 9.17) is 0 Å². The Morgan fingerprint density at radius 3 is 2.69 bits per heavy atom. The summed E-state index contributed by atoms with van der Waals surface area (Å²) in [6.45, 7) is 1.70. The van der Waals surface area contributed by atoms with Gasteiger partial charge >= 0.3 is 0 Å². The molecule has 1 aromatic rings. The van der Waals surface area contributed by atoms with Crippen LogP contribution >= 0.6 is 31.9 Å². The van der Waals surface area contributed by atoms with Crippen molar-refractivity contribution in [3.63, 3.8) is 0 Å². The molecule has 0 amide bonds. The van der Waals surface area contributed by atoms with Gasteiger partial charge in [-0.25, -0.2) is 4.39 Å². The van der Waals surface area contributed by atoms with Gasteiger partial charge in [-0.3, -0.25) is 4.90 Å². The fourth-order valence-electron chi connectivity index (χ4n) is 1.81. The lowest BCUT2D eigenvalue weighted by molar-refractivity contribution is 0.268. The van der Waals surface area contributed by atoms with Crippen LogP contribution in [0.4, 0.5) is 4.39 Å². The molecule has 88 valence electrons. The Kier molecular flexibility index (Phi) is 4.39. The summed E-state index contributed by atoms with van der Waals surface area (Å²) in [5.74, 6) is -0.116. The molecule has 16 heavy (non-hydrogen) atoms. The molecule has 1 aliphatic rings. The summed E-state index contributed by atoms with van der Waals surface area (Å²) in [7, 11) is 0. The summed E-state index contributed by atoms with van der Waals surface area (Å²) in [5.41, 5.74) is 0.788. The molecule has 0 aromatic heterocycles. The summed E-state index contributed by atoms with van der Waals surface area (Å²) in [6.07, 6.45) is 2.51. The van der Waals surface area contributed by atoms with Crippen LogP contribution in [0.5, 0.6) is 0 Å². The molecule has 1 nitrogen and oxygen atoms in total. The van der Waals surface area contributed by atoms with Crippen molar-refractivity contribution in [2.24, 2.45) is 0 Å². The van der Waals surface area contributed by atoms with Gasteiger partial charge in [0.15, 0.2) is 0 Å². The fraction of sp³-hybridized carbons (Fsp3) is 0.500. The molecule has 0 spiro atoms. The lowest BCUT2D eigenvalue weighted by Gasteiger charge is -2.21. The minimum absolute atomic E-state index is 0.116. The number of hydrogen-bond acceptors (Lipinski definition) is 1. The highest BCUT2D eigenvalue weighted by molar-refractivity contribution is 9.10. The van der Waals surface area contributed by atoms with Gasteiger partial charge in [-0.2, -0.15) is 0 Å². The third kappa shape index (κ3) is 3.28. The van der Waals surface area contributed by atoms with E-state index in [0.717, 1.165) is 28.5 Å². The number of benzene rings is 1. The molecule has 1 aromatic carbocycles. The number of halogens is 3. The molecule has 1 aliphatic carbocycles. The molecule has 0 aliphatic heterocycles. The second kappa shape index (κ2) is 5.61. The maximum absolute atomic E-state index is 13.7. The average Bonchev–Trinajstić information content (AvgIpc) is 3.04. The smallest absolute Gasteiger partial charge is 0.128 e. The van der Waals surface area contributed by atoms with Crippen LogP contribution in [-0.2, 0) is 6.54 Å². The van der Waals surface area contributed by atoms with E-state index in [1.54, 1.807) is 0 Å². The summed E-state index contributed by atoms with van der Waals surface area (Å²) in [5, 5.41) is 0.946. The van der Waals surface area contributed by atoms with Crippen LogP contribution in [0.25, 0.3) is 0 Å². The third-order valence-corrected chi connectivity index (χ3v) is 3.67. The van der Waals surface area contributed by atoms with Crippen LogP contribution in [0.2, 0.25) is 0 Å². The van der Waals surface area contributed by atoms with E-state index >= 15 is 0 Å². The van der Waals surface area contributed by atoms with Gasteiger partial charge in [0.25, 0.3) is 0 Å². The molecule has 0 heterocycles. The van der Waals surface area contributed by atoms with Crippen molar-refractivity contribution in [3.05, 3.63) is 34.1 Å². The minimum Gasteiger partial charge on any atom is -0.295 e. The molecule has 0 N–H and O–H groups in total. The summed E-state index contributed by atoms with van der Waals surface area (Å²) >= 11 is 6.72. The standard InChI is InChI=1S/C12H14Br2FN/c13-5-6-16(11-3-4-11)8-9-1-2-10(14)7-12(9)15/h1-2,7,11H,3-6,8H2. The average molecular weight is 351 g/mol. The first-order valence-corrected chi connectivity index (χ1v) is 7.36. The van der Waals surface area contributed by atoms with E-state index in [1.807, 2.05) is 12.1 Å². The molecule has 0 unspecified atom stereocenters. The minimum atomic E-state index is -0.116. The number of nitrogens with zero attached hydrogens (tertiary/aromatic N) is 1. The second-order valence-corrected chi connectivity index (χ2v) is 5.84. The Balaban J connectivity index is 2.05. The summed E-state index contributed by atoms with van der Waals surface area (Å²) < 4.78 is 14.5. The molecular weight excluding hydrogens is 337 g/mol. The molecule has 1 fully saturated rings. The predicted octanol–water partition coefficient (Wildman–Crippen LogP) is 3.95. The lowest BCUT2D eigenvalue weighted by atomic mass is 10.2. The molecule has 2 rings (SSSR count). The largest absolute Gasteiger partial charge is 0.295 e. The molecule has 0 saturated heterocycles. The SMILES string of the molecule is Fc1cc(Br)ccc1CN(CCBr)C1CC1. The zero-order valence-electron chi connectivity index (χ0n) is 8.93. The van der Waals surface area contributed by atoms with Crippen molar-refractivity contribution >= 4 is 31.9 Å². The fourth-order valence-corrected chi connectivity index (χ4v) is 2.60. The Bertz CT molecular complexity index is 366. The zero-order chi connectivity index (χ0) is 11.5. The van der Waals surface area contributed by atoms with Crippen molar-refractivity contribution in [3.8, 4) is 0 Å². The number of hydrogen-bond donors (Lipinski definition) is 0. The molecule has 0 bridgehead atoms. The van der Waals surface area contributed by atoms with Gasteiger partial charge in [0.1, 0.15) is 5.82 Å². The zero-order valence-corrected chi connectivity index (χ0v) is 12.1. The Labute approximate surface area is 112 Å². The maximum atomic E-state index is 13.7. The highest BCUT2D eigenvalue weighted by Gasteiger charge is 2.28. The highest BCUT2D eigenvalue weighted by atomic mass is 79.9. The van der Waals surface area contributed by atoms with E-state index in [0.29, 0.717) is 6.04 Å². The summed E-state index contributed by atoms with van der Waals surface area (Å²) in [6, 6.07) is 5.97. The van der Waals surface area contributed by atoms with Gasteiger partial charge in [0.2, 0.25) is 0 Å². The van der Waals surface area contributed by atoms with Crippen LogP contribution in [0, 0.1) is 5.82 Å². The summed E-state index contributed by atoms with van der Waals surface area (Å²) in [4.78, 5) is 2.35. The molecule has 0 atom stereocenters. The Hall–Kier alpha value is 0.0700. The van der Waals surface area contributed by atoms with Crippen molar-refractivity contribution in [2.75, 3.05) is 11.9 Å². The van der Waals surface area contributed by atoms with Crippen LogP contribution in [0.1, 0.15) is 18.4 Å². The van der Waals surface area contributed by atoms with Crippen molar-refractivity contribution in [1.82, 2.24) is 4.90 Å². The van der Waals surface area contributed by atoms with Gasteiger partial charge in [0, 0.05) is 34.5 Å². The first kappa shape index (κ1) is 12.5. The first-order chi connectivity index (χ1) is 7.70.